The summed E-state index contributed by atoms with van der Waals surface area (Å²) in [4.78, 5) is 10.7. The van der Waals surface area contributed by atoms with Crippen LogP contribution in [0.3, 0.4) is 0 Å². The van der Waals surface area contributed by atoms with E-state index in [1.807, 2.05) is 17.4 Å². The molecule has 0 aliphatic rings. The number of thiophene rings is 1. The van der Waals surface area contributed by atoms with Crippen molar-refractivity contribution in [3.05, 3.63) is 194 Å². The van der Waals surface area contributed by atoms with E-state index in [9.17, 15) is 0 Å². The number of aromatic nitrogens is 2. The molecule has 9 aromatic carbocycles. The second-order valence-electron chi connectivity index (χ2n) is 14.1. The molecule has 0 N–H and O–H groups in total. The van der Waals surface area contributed by atoms with Crippen molar-refractivity contribution in [3.8, 4) is 56.2 Å². The molecule has 2 heterocycles. The first-order valence-corrected chi connectivity index (χ1v) is 19.5. The van der Waals surface area contributed by atoms with Crippen molar-refractivity contribution >= 4 is 63.8 Å². The number of rotatable bonds is 5. The van der Waals surface area contributed by atoms with E-state index in [-0.39, 0.29) is 0 Å². The monoisotopic (exact) mass is 716 g/mol. The molecule has 0 unspecified atom stereocenters. The fourth-order valence-corrected chi connectivity index (χ4v) is 9.45. The quantitative estimate of drug-likeness (QED) is 0.131. The zero-order valence-electron chi connectivity index (χ0n) is 29.8. The summed E-state index contributed by atoms with van der Waals surface area (Å²) in [6, 6.07) is 69.7. The highest BCUT2D eigenvalue weighted by Crippen LogP contribution is 2.46. The lowest BCUT2D eigenvalue weighted by Gasteiger charge is -2.19. The predicted octanol–water partition coefficient (Wildman–Crippen LogP) is 14.6. The van der Waals surface area contributed by atoms with Gasteiger partial charge in [0.05, 0.1) is 11.4 Å². The van der Waals surface area contributed by atoms with Crippen LogP contribution in [-0.4, -0.2) is 9.97 Å². The molecule has 0 bridgehead atoms. The Morgan fingerprint density at radius 1 is 0.309 bits per heavy atom. The van der Waals surface area contributed by atoms with Crippen molar-refractivity contribution in [2.24, 2.45) is 0 Å². The van der Waals surface area contributed by atoms with Gasteiger partial charge in [-0.15, -0.1) is 11.3 Å². The van der Waals surface area contributed by atoms with E-state index in [0.717, 1.165) is 28.1 Å². The highest BCUT2D eigenvalue weighted by Gasteiger charge is 2.21. The minimum absolute atomic E-state index is 0.706. The van der Waals surface area contributed by atoms with Crippen molar-refractivity contribution in [1.29, 1.82) is 0 Å². The largest absolute Gasteiger partial charge is 0.228 e. The van der Waals surface area contributed by atoms with Gasteiger partial charge in [0.2, 0.25) is 0 Å². The number of nitrogens with zero attached hydrogens (tertiary/aromatic N) is 2. The van der Waals surface area contributed by atoms with Gasteiger partial charge in [0.25, 0.3) is 0 Å². The number of fused-ring (bicyclic) bond motifs is 7. The molecule has 0 saturated carbocycles. The van der Waals surface area contributed by atoms with Gasteiger partial charge in [-0.2, -0.15) is 0 Å². The highest BCUT2D eigenvalue weighted by atomic mass is 32.1. The lowest BCUT2D eigenvalue weighted by atomic mass is 9.85. The topological polar surface area (TPSA) is 25.8 Å². The molecule has 2 nitrogen and oxygen atoms in total. The predicted molar refractivity (Wildman–Crippen MR) is 235 cm³/mol. The molecular formula is C52H32N2S. The standard InChI is InChI=1S/C52H32N2S/c1-3-14-36(15-4-1)49-42-20-9-10-21-43(42)51(50-39-18-8-7-13-34(39)27-30-44(49)50)46-32-45(53-52(54-46)37-16-5-2-6-17-37)35-25-23-33(24-26-35)38-28-29-41-40-19-11-12-22-47(40)55-48(41)31-38/h1-32H. The maximum absolute atomic E-state index is 5.41. The summed E-state index contributed by atoms with van der Waals surface area (Å²) >= 11 is 1.85. The summed E-state index contributed by atoms with van der Waals surface area (Å²) in [7, 11) is 0. The van der Waals surface area contributed by atoms with Crippen LogP contribution in [0.2, 0.25) is 0 Å². The molecule has 2 aromatic heterocycles. The van der Waals surface area contributed by atoms with Gasteiger partial charge in [0.1, 0.15) is 0 Å². The molecule has 0 radical (unpaired) electrons. The van der Waals surface area contributed by atoms with Crippen molar-refractivity contribution in [2.75, 3.05) is 0 Å². The van der Waals surface area contributed by atoms with Gasteiger partial charge in [-0.1, -0.05) is 176 Å². The summed E-state index contributed by atoms with van der Waals surface area (Å²) in [5.41, 5.74) is 9.78. The van der Waals surface area contributed by atoms with Gasteiger partial charge in [-0.25, -0.2) is 9.97 Å². The van der Waals surface area contributed by atoms with Crippen LogP contribution in [0.1, 0.15) is 0 Å². The normalized spacial score (nSPS) is 11.6. The first-order valence-electron chi connectivity index (χ1n) is 18.7. The molecule has 256 valence electrons. The lowest BCUT2D eigenvalue weighted by Crippen LogP contribution is -1.98. The Morgan fingerprint density at radius 3 is 1.65 bits per heavy atom. The van der Waals surface area contributed by atoms with E-state index in [1.165, 1.54) is 74.7 Å². The van der Waals surface area contributed by atoms with Gasteiger partial charge in [0, 0.05) is 42.2 Å². The molecule has 0 fully saturated rings. The Balaban J connectivity index is 1.14. The van der Waals surface area contributed by atoms with E-state index in [0.29, 0.717) is 5.82 Å². The molecule has 55 heavy (non-hydrogen) atoms. The van der Waals surface area contributed by atoms with Crippen LogP contribution in [0.4, 0.5) is 0 Å². The van der Waals surface area contributed by atoms with E-state index >= 15 is 0 Å². The van der Waals surface area contributed by atoms with Crippen LogP contribution in [0.25, 0.3) is 109 Å². The Bertz CT molecular complexity index is 3240. The van der Waals surface area contributed by atoms with Crippen LogP contribution < -0.4 is 0 Å². The third-order valence-electron chi connectivity index (χ3n) is 10.9. The Labute approximate surface area is 322 Å². The van der Waals surface area contributed by atoms with Crippen LogP contribution in [0.5, 0.6) is 0 Å². The maximum Gasteiger partial charge on any atom is 0.160 e. The van der Waals surface area contributed by atoms with E-state index in [1.54, 1.807) is 0 Å². The SMILES string of the molecule is c1ccc(-c2nc(-c3ccc(-c4ccc5c(c4)sc4ccccc45)cc3)cc(-c3c4ccccc4c(-c4ccccc4)c4ccc5ccccc5c34)n2)cc1. The van der Waals surface area contributed by atoms with Gasteiger partial charge in [-0.05, 0) is 67.4 Å². The average Bonchev–Trinajstić information content (AvgIpc) is 3.64. The number of hydrogen-bond acceptors (Lipinski definition) is 3. The Morgan fingerprint density at radius 2 is 0.873 bits per heavy atom. The first kappa shape index (κ1) is 31.6. The third kappa shape index (κ3) is 5.32. The molecule has 11 rings (SSSR count). The molecule has 0 spiro atoms. The van der Waals surface area contributed by atoms with E-state index in [4.69, 9.17) is 9.97 Å². The summed E-state index contributed by atoms with van der Waals surface area (Å²) in [6.45, 7) is 0. The van der Waals surface area contributed by atoms with Gasteiger partial charge < -0.3 is 0 Å². The average molecular weight is 717 g/mol. The van der Waals surface area contributed by atoms with Gasteiger partial charge in [-0.3, -0.25) is 0 Å². The Kier molecular flexibility index (Phi) is 7.39. The zero-order valence-corrected chi connectivity index (χ0v) is 30.6. The summed E-state index contributed by atoms with van der Waals surface area (Å²) in [5.74, 6) is 0.706. The zero-order chi connectivity index (χ0) is 36.3. The first-order chi connectivity index (χ1) is 27.3. The maximum atomic E-state index is 5.41. The molecule has 0 saturated heterocycles. The highest BCUT2D eigenvalue weighted by molar-refractivity contribution is 7.25. The minimum atomic E-state index is 0.706. The lowest BCUT2D eigenvalue weighted by molar-refractivity contribution is 1.19. The van der Waals surface area contributed by atoms with Crippen LogP contribution in [0.15, 0.2) is 194 Å². The summed E-state index contributed by atoms with van der Waals surface area (Å²) in [5, 5.41) is 9.82. The van der Waals surface area contributed by atoms with Crippen molar-refractivity contribution in [2.45, 2.75) is 0 Å². The minimum Gasteiger partial charge on any atom is -0.228 e. The summed E-state index contributed by atoms with van der Waals surface area (Å²) < 4.78 is 2.63. The second kappa shape index (κ2) is 12.9. The summed E-state index contributed by atoms with van der Waals surface area (Å²) in [6.07, 6.45) is 0. The van der Waals surface area contributed by atoms with E-state index in [2.05, 4.69) is 188 Å². The third-order valence-corrected chi connectivity index (χ3v) is 12.0. The van der Waals surface area contributed by atoms with Crippen LogP contribution in [0, 0.1) is 0 Å². The van der Waals surface area contributed by atoms with Crippen molar-refractivity contribution in [3.63, 3.8) is 0 Å². The van der Waals surface area contributed by atoms with E-state index < -0.39 is 0 Å². The van der Waals surface area contributed by atoms with Crippen molar-refractivity contribution in [1.82, 2.24) is 9.97 Å². The molecule has 3 heteroatoms. The molecule has 0 aliphatic carbocycles. The molecule has 0 atom stereocenters. The van der Waals surface area contributed by atoms with Crippen molar-refractivity contribution < 1.29 is 0 Å². The Hall–Kier alpha value is -6.94. The number of hydrogen-bond donors (Lipinski definition) is 0. The van der Waals surface area contributed by atoms with Crippen LogP contribution >= 0.6 is 11.3 Å². The van der Waals surface area contributed by atoms with Gasteiger partial charge in [0.15, 0.2) is 5.82 Å². The van der Waals surface area contributed by atoms with Gasteiger partial charge >= 0.3 is 0 Å². The smallest absolute Gasteiger partial charge is 0.160 e. The molecule has 0 amide bonds. The molecule has 11 aromatic rings. The number of benzene rings is 9. The van der Waals surface area contributed by atoms with Crippen LogP contribution in [-0.2, 0) is 0 Å². The fourth-order valence-electron chi connectivity index (χ4n) is 8.31. The molecular weight excluding hydrogens is 685 g/mol. The second-order valence-corrected chi connectivity index (χ2v) is 15.2. The fraction of sp³-hybridized carbons (Fsp3) is 0. The molecule has 0 aliphatic heterocycles.